The van der Waals surface area contributed by atoms with E-state index in [1.54, 1.807) is 7.11 Å². The first kappa shape index (κ1) is 13.0. The molecule has 0 aliphatic rings. The molecule has 0 heterocycles. The van der Waals surface area contributed by atoms with Crippen LogP contribution in [0.1, 0.15) is 31.4 Å². The van der Waals surface area contributed by atoms with E-state index in [9.17, 15) is 0 Å². The highest BCUT2D eigenvalue weighted by Gasteiger charge is 2.04. The van der Waals surface area contributed by atoms with Crippen molar-refractivity contribution in [2.24, 2.45) is 5.73 Å². The highest BCUT2D eigenvalue weighted by atomic mass is 16.5. The standard InChI is InChI=1S/C13H22N2O/c1-11(15-9-4-3-8-14)12-6-5-7-13(10-12)16-2/h5-7,10-11,15H,3-4,8-9,14H2,1-2H3. The zero-order valence-corrected chi connectivity index (χ0v) is 10.2. The highest BCUT2D eigenvalue weighted by Crippen LogP contribution is 2.18. The number of rotatable bonds is 7. The minimum atomic E-state index is 0.355. The van der Waals surface area contributed by atoms with E-state index >= 15 is 0 Å². The second-order valence-corrected chi connectivity index (χ2v) is 3.95. The topological polar surface area (TPSA) is 47.3 Å². The largest absolute Gasteiger partial charge is 0.497 e. The van der Waals surface area contributed by atoms with Crippen LogP contribution in [0.25, 0.3) is 0 Å². The predicted octanol–water partition coefficient (Wildman–Crippen LogP) is 2.08. The summed E-state index contributed by atoms with van der Waals surface area (Å²) in [6, 6.07) is 8.52. The predicted molar refractivity (Wildman–Crippen MR) is 67.7 cm³/mol. The van der Waals surface area contributed by atoms with Crippen LogP contribution in [0.2, 0.25) is 0 Å². The van der Waals surface area contributed by atoms with Gasteiger partial charge in [0.05, 0.1) is 7.11 Å². The molecule has 1 unspecified atom stereocenters. The maximum Gasteiger partial charge on any atom is 0.119 e. The van der Waals surface area contributed by atoms with Crippen molar-refractivity contribution in [1.82, 2.24) is 5.32 Å². The number of hydrogen-bond acceptors (Lipinski definition) is 3. The molecule has 1 aromatic rings. The number of nitrogens with one attached hydrogen (secondary N) is 1. The third kappa shape index (κ3) is 4.21. The van der Waals surface area contributed by atoms with Crippen LogP contribution >= 0.6 is 0 Å². The summed E-state index contributed by atoms with van der Waals surface area (Å²) in [7, 11) is 1.69. The molecule has 0 spiro atoms. The van der Waals surface area contributed by atoms with Crippen molar-refractivity contribution in [2.75, 3.05) is 20.2 Å². The van der Waals surface area contributed by atoms with Crippen LogP contribution in [0.3, 0.4) is 0 Å². The Bertz CT molecular complexity index is 302. The molecular formula is C13H22N2O. The summed E-state index contributed by atoms with van der Waals surface area (Å²) in [5.74, 6) is 0.910. The second-order valence-electron chi connectivity index (χ2n) is 3.95. The van der Waals surface area contributed by atoms with Crippen LogP contribution in [-0.2, 0) is 0 Å². The van der Waals surface area contributed by atoms with Gasteiger partial charge in [0.1, 0.15) is 5.75 Å². The molecular weight excluding hydrogens is 200 g/mol. The van der Waals surface area contributed by atoms with Crippen molar-refractivity contribution >= 4 is 0 Å². The molecule has 3 heteroatoms. The summed E-state index contributed by atoms with van der Waals surface area (Å²) in [5.41, 5.74) is 6.71. The van der Waals surface area contributed by atoms with E-state index < -0.39 is 0 Å². The number of benzene rings is 1. The molecule has 3 nitrogen and oxygen atoms in total. The van der Waals surface area contributed by atoms with Gasteiger partial charge < -0.3 is 15.8 Å². The van der Waals surface area contributed by atoms with E-state index in [2.05, 4.69) is 24.4 Å². The van der Waals surface area contributed by atoms with Gasteiger partial charge in [0, 0.05) is 6.04 Å². The Labute approximate surface area is 98.0 Å². The lowest BCUT2D eigenvalue weighted by Gasteiger charge is -2.14. The number of methoxy groups -OCH3 is 1. The first-order valence-corrected chi connectivity index (χ1v) is 5.85. The molecule has 1 rings (SSSR count). The Kier molecular flexibility index (Phi) is 5.90. The van der Waals surface area contributed by atoms with Gasteiger partial charge >= 0.3 is 0 Å². The van der Waals surface area contributed by atoms with Crippen LogP contribution in [0, 0.1) is 0 Å². The molecule has 0 saturated heterocycles. The van der Waals surface area contributed by atoms with Crippen LogP contribution < -0.4 is 15.8 Å². The molecule has 3 N–H and O–H groups in total. The van der Waals surface area contributed by atoms with Gasteiger partial charge in [-0.3, -0.25) is 0 Å². The zero-order chi connectivity index (χ0) is 11.8. The van der Waals surface area contributed by atoms with E-state index in [0.29, 0.717) is 6.04 Å². The fourth-order valence-electron chi connectivity index (χ4n) is 1.62. The second kappa shape index (κ2) is 7.25. The molecule has 1 atom stereocenters. The third-order valence-corrected chi connectivity index (χ3v) is 2.68. The molecule has 0 radical (unpaired) electrons. The molecule has 90 valence electrons. The summed E-state index contributed by atoms with van der Waals surface area (Å²) in [5, 5.41) is 3.47. The van der Waals surface area contributed by atoms with Crippen LogP contribution in [0.15, 0.2) is 24.3 Å². The van der Waals surface area contributed by atoms with Crippen molar-refractivity contribution in [2.45, 2.75) is 25.8 Å². The van der Waals surface area contributed by atoms with Gasteiger partial charge in [-0.2, -0.15) is 0 Å². The third-order valence-electron chi connectivity index (χ3n) is 2.68. The summed E-state index contributed by atoms with van der Waals surface area (Å²) in [6.45, 7) is 3.95. The minimum Gasteiger partial charge on any atom is -0.497 e. The summed E-state index contributed by atoms with van der Waals surface area (Å²) in [6.07, 6.45) is 2.21. The van der Waals surface area contributed by atoms with E-state index in [4.69, 9.17) is 10.5 Å². The van der Waals surface area contributed by atoms with Crippen molar-refractivity contribution in [3.8, 4) is 5.75 Å². The van der Waals surface area contributed by atoms with Gasteiger partial charge in [0.25, 0.3) is 0 Å². The van der Waals surface area contributed by atoms with E-state index in [1.807, 2.05) is 12.1 Å². The van der Waals surface area contributed by atoms with Gasteiger partial charge in [-0.05, 0) is 50.6 Å². The normalized spacial score (nSPS) is 12.4. The molecule has 0 aliphatic carbocycles. The Morgan fingerprint density at radius 1 is 1.38 bits per heavy atom. The van der Waals surface area contributed by atoms with Gasteiger partial charge in [-0.15, -0.1) is 0 Å². The molecule has 0 aromatic heterocycles. The molecule has 0 amide bonds. The molecule has 0 bridgehead atoms. The Balaban J connectivity index is 2.42. The fourth-order valence-corrected chi connectivity index (χ4v) is 1.62. The lowest BCUT2D eigenvalue weighted by Crippen LogP contribution is -2.20. The van der Waals surface area contributed by atoms with Gasteiger partial charge in [0.2, 0.25) is 0 Å². The fraction of sp³-hybridized carbons (Fsp3) is 0.538. The van der Waals surface area contributed by atoms with Crippen molar-refractivity contribution in [3.63, 3.8) is 0 Å². The van der Waals surface area contributed by atoms with E-state index in [1.165, 1.54) is 5.56 Å². The van der Waals surface area contributed by atoms with E-state index in [-0.39, 0.29) is 0 Å². The zero-order valence-electron chi connectivity index (χ0n) is 10.2. The Morgan fingerprint density at radius 2 is 2.19 bits per heavy atom. The summed E-state index contributed by atoms with van der Waals surface area (Å²) < 4.78 is 5.20. The van der Waals surface area contributed by atoms with E-state index in [0.717, 1.165) is 31.7 Å². The summed E-state index contributed by atoms with van der Waals surface area (Å²) in [4.78, 5) is 0. The van der Waals surface area contributed by atoms with Crippen LogP contribution in [-0.4, -0.2) is 20.2 Å². The van der Waals surface area contributed by atoms with Gasteiger partial charge in [-0.25, -0.2) is 0 Å². The quantitative estimate of drug-likeness (QED) is 0.694. The first-order chi connectivity index (χ1) is 7.77. The first-order valence-electron chi connectivity index (χ1n) is 5.85. The van der Waals surface area contributed by atoms with Crippen LogP contribution in [0.5, 0.6) is 5.75 Å². The Morgan fingerprint density at radius 3 is 2.88 bits per heavy atom. The molecule has 0 saturated carbocycles. The Hall–Kier alpha value is -1.06. The monoisotopic (exact) mass is 222 g/mol. The number of hydrogen-bond donors (Lipinski definition) is 2. The number of unbranched alkanes of at least 4 members (excludes halogenated alkanes) is 1. The average Bonchev–Trinajstić information content (AvgIpc) is 2.34. The van der Waals surface area contributed by atoms with Crippen molar-refractivity contribution in [3.05, 3.63) is 29.8 Å². The average molecular weight is 222 g/mol. The van der Waals surface area contributed by atoms with Gasteiger partial charge in [0.15, 0.2) is 0 Å². The minimum absolute atomic E-state index is 0.355. The van der Waals surface area contributed by atoms with Crippen LogP contribution in [0.4, 0.5) is 0 Å². The lowest BCUT2D eigenvalue weighted by atomic mass is 10.1. The van der Waals surface area contributed by atoms with Crippen molar-refractivity contribution < 1.29 is 4.74 Å². The molecule has 1 aromatic carbocycles. The molecule has 0 fully saturated rings. The number of ether oxygens (including phenoxy) is 1. The maximum atomic E-state index is 5.45. The highest BCUT2D eigenvalue weighted by molar-refractivity contribution is 5.30. The number of nitrogens with two attached hydrogens (primary N) is 1. The molecule has 16 heavy (non-hydrogen) atoms. The van der Waals surface area contributed by atoms with Crippen molar-refractivity contribution in [1.29, 1.82) is 0 Å². The SMILES string of the molecule is COc1cccc(C(C)NCCCCN)c1. The smallest absolute Gasteiger partial charge is 0.119 e. The maximum absolute atomic E-state index is 5.45. The summed E-state index contributed by atoms with van der Waals surface area (Å²) >= 11 is 0. The lowest BCUT2D eigenvalue weighted by molar-refractivity contribution is 0.413. The van der Waals surface area contributed by atoms with Gasteiger partial charge in [-0.1, -0.05) is 12.1 Å². The molecule has 0 aliphatic heterocycles.